The molecule has 0 N–H and O–H groups in total. The first-order chi connectivity index (χ1) is 11.3. The number of carbonyl (C=O) groups excluding carboxylic acids is 1. The summed E-state index contributed by atoms with van der Waals surface area (Å²) in [6.07, 6.45) is 13.8. The van der Waals surface area contributed by atoms with E-state index in [1.54, 1.807) is 31.4 Å². The predicted molar refractivity (Wildman–Crippen MR) is 94.8 cm³/mol. The number of para-hydroxylation sites is 1. The van der Waals surface area contributed by atoms with Crippen LogP contribution < -0.4 is 4.74 Å². The highest BCUT2D eigenvalue weighted by molar-refractivity contribution is 5.92. The van der Waals surface area contributed by atoms with Crippen LogP contribution in [0.1, 0.15) is 75.6 Å². The quantitative estimate of drug-likeness (QED) is 0.273. The molecule has 0 bridgehead atoms. The first-order valence-corrected chi connectivity index (χ1v) is 8.87. The zero-order chi connectivity index (χ0) is 16.8. The maximum Gasteiger partial charge on any atom is 0.341 e. The lowest BCUT2D eigenvalue weighted by Crippen LogP contribution is -2.06. The van der Waals surface area contributed by atoms with Crippen LogP contribution in [0.5, 0.6) is 5.75 Å². The first kappa shape index (κ1) is 19.3. The van der Waals surface area contributed by atoms with E-state index >= 15 is 0 Å². The van der Waals surface area contributed by atoms with Gasteiger partial charge in [0.05, 0.1) is 12.9 Å². The average Bonchev–Trinajstić information content (AvgIpc) is 2.57. The van der Waals surface area contributed by atoms with Crippen LogP contribution in [0.3, 0.4) is 0 Å². The van der Waals surface area contributed by atoms with E-state index in [1.165, 1.54) is 44.9 Å². The van der Waals surface area contributed by atoms with Crippen molar-refractivity contribution in [2.45, 2.75) is 65.2 Å². The smallest absolute Gasteiger partial charge is 0.341 e. The number of carbonyl (C=O) groups is 1. The van der Waals surface area contributed by atoms with Gasteiger partial charge in [-0.1, -0.05) is 57.6 Å². The zero-order valence-corrected chi connectivity index (χ0v) is 14.6. The minimum absolute atomic E-state index is 0.344. The van der Waals surface area contributed by atoms with Crippen molar-refractivity contribution in [2.24, 2.45) is 0 Å². The molecule has 0 fully saturated rings. The molecule has 1 aromatic rings. The van der Waals surface area contributed by atoms with E-state index in [1.807, 2.05) is 12.1 Å². The van der Waals surface area contributed by atoms with Crippen molar-refractivity contribution in [3.05, 3.63) is 42.2 Å². The normalized spacial score (nSPS) is 10.9. The lowest BCUT2D eigenvalue weighted by Gasteiger charge is -2.07. The van der Waals surface area contributed by atoms with E-state index in [4.69, 9.17) is 9.47 Å². The van der Waals surface area contributed by atoms with Gasteiger partial charge in [-0.2, -0.15) is 0 Å². The van der Waals surface area contributed by atoms with Crippen molar-refractivity contribution in [3.8, 4) is 5.75 Å². The molecule has 0 aromatic heterocycles. The SMILES string of the molecule is CCCCCCCCCC=COc1ccccc1C(=O)OCC. The minimum atomic E-state index is -0.344. The van der Waals surface area contributed by atoms with Gasteiger partial charge < -0.3 is 9.47 Å². The molecular weight excluding hydrogens is 288 g/mol. The van der Waals surface area contributed by atoms with Gasteiger partial charge in [-0.3, -0.25) is 0 Å². The van der Waals surface area contributed by atoms with Crippen molar-refractivity contribution in [2.75, 3.05) is 6.61 Å². The highest BCUT2D eigenvalue weighted by Crippen LogP contribution is 2.19. The minimum Gasteiger partial charge on any atom is -0.464 e. The monoisotopic (exact) mass is 318 g/mol. The van der Waals surface area contributed by atoms with Gasteiger partial charge in [0, 0.05) is 0 Å². The summed E-state index contributed by atoms with van der Waals surface area (Å²) in [4.78, 5) is 11.8. The summed E-state index contributed by atoms with van der Waals surface area (Å²) in [5, 5.41) is 0. The van der Waals surface area contributed by atoms with E-state index in [9.17, 15) is 4.79 Å². The van der Waals surface area contributed by atoms with Gasteiger partial charge >= 0.3 is 5.97 Å². The largest absolute Gasteiger partial charge is 0.464 e. The van der Waals surface area contributed by atoms with Gasteiger partial charge in [0.25, 0.3) is 0 Å². The van der Waals surface area contributed by atoms with E-state index in [2.05, 4.69) is 6.92 Å². The van der Waals surface area contributed by atoms with Crippen LogP contribution >= 0.6 is 0 Å². The second-order valence-electron chi connectivity index (χ2n) is 5.62. The molecule has 3 nitrogen and oxygen atoms in total. The van der Waals surface area contributed by atoms with Crippen LogP contribution in [-0.4, -0.2) is 12.6 Å². The molecule has 0 amide bonds. The number of esters is 1. The molecule has 0 unspecified atom stereocenters. The molecule has 0 aliphatic carbocycles. The van der Waals surface area contributed by atoms with Crippen molar-refractivity contribution < 1.29 is 14.3 Å². The molecular formula is C20H30O3. The Morgan fingerprint density at radius 2 is 1.70 bits per heavy atom. The summed E-state index contributed by atoms with van der Waals surface area (Å²) in [6, 6.07) is 7.16. The Balaban J connectivity index is 2.26. The molecule has 3 heteroatoms. The predicted octanol–water partition coefficient (Wildman–Crippen LogP) is 5.90. The number of allylic oxidation sites excluding steroid dienone is 1. The number of hydrogen-bond donors (Lipinski definition) is 0. The Morgan fingerprint density at radius 3 is 2.43 bits per heavy atom. The Morgan fingerprint density at radius 1 is 1.00 bits per heavy atom. The molecule has 1 rings (SSSR count). The summed E-state index contributed by atoms with van der Waals surface area (Å²) in [7, 11) is 0. The van der Waals surface area contributed by atoms with Crippen molar-refractivity contribution in [1.82, 2.24) is 0 Å². The van der Waals surface area contributed by atoms with Crippen molar-refractivity contribution in [1.29, 1.82) is 0 Å². The van der Waals surface area contributed by atoms with Crippen LogP contribution in [-0.2, 0) is 4.74 Å². The van der Waals surface area contributed by atoms with Crippen molar-refractivity contribution in [3.63, 3.8) is 0 Å². The number of unbranched alkanes of at least 4 members (excludes halogenated alkanes) is 7. The second-order valence-corrected chi connectivity index (χ2v) is 5.62. The van der Waals surface area contributed by atoms with Gasteiger partial charge in [-0.25, -0.2) is 4.79 Å². The molecule has 0 radical (unpaired) electrons. The van der Waals surface area contributed by atoms with Gasteiger partial charge in [0.1, 0.15) is 11.3 Å². The lowest BCUT2D eigenvalue weighted by molar-refractivity contribution is 0.0523. The highest BCUT2D eigenvalue weighted by Gasteiger charge is 2.11. The van der Waals surface area contributed by atoms with E-state index in [0.717, 1.165) is 6.42 Å². The molecule has 23 heavy (non-hydrogen) atoms. The second kappa shape index (κ2) is 12.7. The fraction of sp³-hybridized carbons (Fsp3) is 0.550. The highest BCUT2D eigenvalue weighted by atomic mass is 16.5. The fourth-order valence-electron chi connectivity index (χ4n) is 2.36. The van der Waals surface area contributed by atoms with Crippen LogP contribution in [0.15, 0.2) is 36.6 Å². The number of hydrogen-bond acceptors (Lipinski definition) is 3. The molecule has 1 aromatic carbocycles. The summed E-state index contributed by atoms with van der Waals surface area (Å²) in [6.45, 7) is 4.40. The number of rotatable bonds is 12. The molecule has 0 atom stereocenters. The number of ether oxygens (including phenoxy) is 2. The van der Waals surface area contributed by atoms with Crippen LogP contribution in [0.2, 0.25) is 0 Å². The Kier molecular flexibility index (Phi) is 10.7. The molecule has 0 spiro atoms. The topological polar surface area (TPSA) is 35.5 Å². The van der Waals surface area contributed by atoms with E-state index < -0.39 is 0 Å². The van der Waals surface area contributed by atoms with Gasteiger partial charge in [0.2, 0.25) is 0 Å². The van der Waals surface area contributed by atoms with Gasteiger partial charge in [0.15, 0.2) is 0 Å². The standard InChI is InChI=1S/C20H30O3/c1-3-5-6-7-8-9-10-11-14-17-23-19-16-13-12-15-18(19)20(21)22-4-2/h12-17H,3-11H2,1-2H3. The van der Waals surface area contributed by atoms with Crippen LogP contribution in [0.4, 0.5) is 0 Å². The van der Waals surface area contributed by atoms with Crippen molar-refractivity contribution >= 4 is 5.97 Å². The Hall–Kier alpha value is -1.77. The molecule has 0 saturated heterocycles. The third-order valence-corrected chi connectivity index (χ3v) is 3.65. The third-order valence-electron chi connectivity index (χ3n) is 3.65. The zero-order valence-electron chi connectivity index (χ0n) is 14.6. The molecule has 0 heterocycles. The summed E-state index contributed by atoms with van der Waals surface area (Å²) >= 11 is 0. The molecule has 128 valence electrons. The first-order valence-electron chi connectivity index (χ1n) is 8.87. The maximum absolute atomic E-state index is 11.8. The summed E-state index contributed by atoms with van der Waals surface area (Å²) in [5.74, 6) is 0.199. The molecule has 0 saturated carbocycles. The Labute approximate surface area is 140 Å². The maximum atomic E-state index is 11.8. The number of benzene rings is 1. The Bertz CT molecular complexity index is 466. The van der Waals surface area contributed by atoms with Crippen LogP contribution in [0, 0.1) is 0 Å². The third kappa shape index (κ3) is 8.44. The lowest BCUT2D eigenvalue weighted by atomic mass is 10.1. The van der Waals surface area contributed by atoms with Gasteiger partial charge in [-0.05, 0) is 38.0 Å². The van der Waals surface area contributed by atoms with Crippen LogP contribution in [0.25, 0.3) is 0 Å². The summed E-state index contributed by atoms with van der Waals surface area (Å²) in [5.41, 5.74) is 0.468. The van der Waals surface area contributed by atoms with E-state index in [-0.39, 0.29) is 5.97 Å². The molecule has 0 aliphatic rings. The van der Waals surface area contributed by atoms with E-state index in [0.29, 0.717) is 17.9 Å². The molecule has 0 aliphatic heterocycles. The summed E-state index contributed by atoms with van der Waals surface area (Å²) < 4.78 is 10.6. The fourth-order valence-corrected chi connectivity index (χ4v) is 2.36. The average molecular weight is 318 g/mol. The van der Waals surface area contributed by atoms with Gasteiger partial charge in [-0.15, -0.1) is 0 Å².